The number of hydrogen-bond donors (Lipinski definition) is 3. The molecule has 0 bridgehead atoms. The van der Waals surface area contributed by atoms with Crippen molar-refractivity contribution in [2.45, 2.75) is 38.6 Å². The number of nitrogens with one attached hydrogen (secondary N) is 2. The number of fused-ring (bicyclic) bond motifs is 1. The van der Waals surface area contributed by atoms with Crippen molar-refractivity contribution < 1.29 is 37.4 Å². The zero-order valence-corrected chi connectivity index (χ0v) is 24.5. The van der Waals surface area contributed by atoms with Gasteiger partial charge in [-0.25, -0.2) is 4.79 Å². The third-order valence-corrected chi connectivity index (χ3v) is 7.38. The number of carbonyl (C=O) groups is 3. The first kappa shape index (κ1) is 32.3. The summed E-state index contributed by atoms with van der Waals surface area (Å²) in [4.78, 5) is 45.9. The van der Waals surface area contributed by atoms with E-state index < -0.39 is 29.9 Å². The topological polar surface area (TPSA) is 124 Å². The lowest BCUT2D eigenvalue weighted by molar-refractivity contribution is -0.137. The van der Waals surface area contributed by atoms with E-state index in [1.54, 1.807) is 42.2 Å². The van der Waals surface area contributed by atoms with E-state index in [2.05, 4.69) is 15.6 Å². The lowest BCUT2D eigenvalue weighted by atomic mass is 10.0. The van der Waals surface area contributed by atoms with Crippen LogP contribution >= 0.6 is 0 Å². The molecule has 0 unspecified atom stereocenters. The van der Waals surface area contributed by atoms with Crippen LogP contribution in [0.15, 0.2) is 67.0 Å². The number of likely N-dealkylation sites (N-methyl/N-ethyl adjacent to an activating group) is 1. The third kappa shape index (κ3) is 8.04. The van der Waals surface area contributed by atoms with E-state index in [1.165, 1.54) is 36.5 Å². The van der Waals surface area contributed by atoms with Gasteiger partial charge in [-0.05, 0) is 61.5 Å². The molecule has 2 heterocycles. The summed E-state index contributed by atoms with van der Waals surface area (Å²) in [5, 5.41) is 15.3. The maximum absolute atomic E-state index is 13.4. The summed E-state index contributed by atoms with van der Waals surface area (Å²) >= 11 is 0. The zero-order valence-electron chi connectivity index (χ0n) is 24.5. The number of ether oxygens (including phenoxy) is 1. The molecule has 234 valence electrons. The molecule has 0 fully saturated rings. The minimum atomic E-state index is -4.49. The van der Waals surface area contributed by atoms with Crippen molar-refractivity contribution in [3.05, 3.63) is 83.7 Å². The van der Waals surface area contributed by atoms with Gasteiger partial charge in [-0.2, -0.15) is 13.2 Å². The van der Waals surface area contributed by atoms with Crippen LogP contribution < -0.4 is 15.4 Å². The fourth-order valence-electron chi connectivity index (χ4n) is 4.75. The zero-order chi connectivity index (χ0) is 32.0. The van der Waals surface area contributed by atoms with Gasteiger partial charge in [-0.1, -0.05) is 6.92 Å². The van der Waals surface area contributed by atoms with E-state index in [1.807, 2.05) is 6.92 Å². The second-order valence-electron chi connectivity index (χ2n) is 10.8. The Morgan fingerprint density at radius 1 is 1.09 bits per heavy atom. The summed E-state index contributed by atoms with van der Waals surface area (Å²) in [6.07, 6.45) is -2.15. The quantitative estimate of drug-likeness (QED) is 0.356. The second-order valence-corrected chi connectivity index (χ2v) is 10.8. The molecule has 0 radical (unpaired) electrons. The Morgan fingerprint density at radius 2 is 1.75 bits per heavy atom. The van der Waals surface area contributed by atoms with Crippen LogP contribution in [0.5, 0.6) is 5.75 Å². The molecule has 3 atom stereocenters. The van der Waals surface area contributed by atoms with E-state index >= 15 is 0 Å². The van der Waals surface area contributed by atoms with E-state index in [-0.39, 0.29) is 49.5 Å². The molecule has 3 aromatic rings. The van der Waals surface area contributed by atoms with Gasteiger partial charge in [0.15, 0.2) is 0 Å². The van der Waals surface area contributed by atoms with E-state index in [0.717, 1.165) is 12.1 Å². The number of aliphatic hydroxyl groups excluding tert-OH is 1. The first-order chi connectivity index (χ1) is 20.8. The lowest BCUT2D eigenvalue weighted by Gasteiger charge is -2.34. The molecule has 10 nitrogen and oxygen atoms in total. The maximum Gasteiger partial charge on any atom is 0.416 e. The van der Waals surface area contributed by atoms with E-state index in [4.69, 9.17) is 4.74 Å². The van der Waals surface area contributed by atoms with Crippen LogP contribution in [-0.2, 0) is 17.4 Å². The maximum atomic E-state index is 13.4. The molecule has 0 aliphatic carbocycles. The molecule has 4 rings (SSSR count). The highest BCUT2D eigenvalue weighted by Gasteiger charge is 2.32. The van der Waals surface area contributed by atoms with Crippen LogP contribution in [0.2, 0.25) is 0 Å². The molecule has 0 spiro atoms. The van der Waals surface area contributed by atoms with Gasteiger partial charge in [-0.3, -0.25) is 14.6 Å². The average Bonchev–Trinajstić information content (AvgIpc) is 3.04. The number of hydrogen-bond acceptors (Lipinski definition) is 6. The SMILES string of the molecule is C[C@@H]1CN([C@H](C)CO)C(=O)Cc2cc(NC(=O)c3ccncc3)ccc2O[C@@H]1CN(C)C(=O)Nc1ccc(C(F)(F)F)cc1. The van der Waals surface area contributed by atoms with Crippen molar-refractivity contribution in [2.24, 2.45) is 5.92 Å². The number of pyridine rings is 1. The number of anilines is 2. The van der Waals surface area contributed by atoms with Gasteiger partial charge in [0, 0.05) is 54.4 Å². The van der Waals surface area contributed by atoms with Gasteiger partial charge in [0.2, 0.25) is 5.91 Å². The average molecular weight is 614 g/mol. The Balaban J connectivity index is 1.55. The number of urea groups is 1. The van der Waals surface area contributed by atoms with Crippen LogP contribution in [-0.4, -0.2) is 76.6 Å². The summed E-state index contributed by atoms with van der Waals surface area (Å²) < 4.78 is 45.1. The number of halogens is 3. The normalized spacial score (nSPS) is 17.7. The predicted octanol–water partition coefficient (Wildman–Crippen LogP) is 4.67. The number of nitrogens with zero attached hydrogens (tertiary/aromatic N) is 3. The highest BCUT2D eigenvalue weighted by Crippen LogP contribution is 2.31. The van der Waals surface area contributed by atoms with Crippen LogP contribution in [0.1, 0.15) is 35.3 Å². The first-order valence-corrected chi connectivity index (χ1v) is 14.0. The highest BCUT2D eigenvalue weighted by atomic mass is 19.4. The fourth-order valence-corrected chi connectivity index (χ4v) is 4.75. The first-order valence-electron chi connectivity index (χ1n) is 14.0. The van der Waals surface area contributed by atoms with Crippen molar-refractivity contribution in [2.75, 3.05) is 37.4 Å². The number of aromatic nitrogens is 1. The Bertz CT molecular complexity index is 1470. The van der Waals surface area contributed by atoms with Crippen molar-refractivity contribution >= 4 is 29.2 Å². The summed E-state index contributed by atoms with van der Waals surface area (Å²) in [5.41, 5.74) is 0.727. The molecule has 4 amide bonds. The minimum Gasteiger partial charge on any atom is -0.488 e. The monoisotopic (exact) mass is 613 g/mol. The smallest absolute Gasteiger partial charge is 0.416 e. The van der Waals surface area contributed by atoms with Gasteiger partial charge in [-0.15, -0.1) is 0 Å². The van der Waals surface area contributed by atoms with Crippen molar-refractivity contribution in [3.8, 4) is 5.75 Å². The number of alkyl halides is 3. The lowest BCUT2D eigenvalue weighted by Crippen LogP contribution is -2.48. The number of aliphatic hydroxyl groups is 1. The predicted molar refractivity (Wildman–Crippen MR) is 157 cm³/mol. The van der Waals surface area contributed by atoms with Gasteiger partial charge in [0.05, 0.1) is 31.2 Å². The van der Waals surface area contributed by atoms with E-state index in [9.17, 15) is 32.7 Å². The highest BCUT2D eigenvalue weighted by molar-refractivity contribution is 6.04. The molecule has 44 heavy (non-hydrogen) atoms. The summed E-state index contributed by atoms with van der Waals surface area (Å²) in [6.45, 7) is 3.65. The number of benzene rings is 2. The third-order valence-electron chi connectivity index (χ3n) is 7.38. The number of rotatable bonds is 7. The Labute approximate surface area is 252 Å². The molecule has 1 aliphatic rings. The van der Waals surface area contributed by atoms with Crippen LogP contribution in [0.25, 0.3) is 0 Å². The molecular formula is C31H34F3N5O5. The molecule has 1 aromatic heterocycles. The van der Waals surface area contributed by atoms with Crippen LogP contribution in [0.4, 0.5) is 29.3 Å². The van der Waals surface area contributed by atoms with Crippen LogP contribution in [0, 0.1) is 5.92 Å². The number of carbonyl (C=O) groups excluding carboxylic acids is 3. The Kier molecular flexibility index (Phi) is 10.1. The molecule has 2 aromatic carbocycles. The van der Waals surface area contributed by atoms with Crippen LogP contribution in [0.3, 0.4) is 0 Å². The standard InChI is InChI=1S/C31H34F3N5O5/c1-19-16-39(20(2)18-40)28(41)15-22-14-25(36-29(42)21-10-12-35-13-11-21)8-9-26(22)44-27(19)17-38(3)30(43)37-24-6-4-23(5-7-24)31(32,33)34/h4-14,19-20,27,40H,15-18H2,1-3H3,(H,36,42)(H,37,43)/t19-,20-,27-/m1/s1. The molecule has 1 aliphatic heterocycles. The minimum absolute atomic E-state index is 0.0532. The molecule has 0 saturated carbocycles. The fraction of sp³-hybridized carbons (Fsp3) is 0.355. The van der Waals surface area contributed by atoms with Crippen molar-refractivity contribution in [1.82, 2.24) is 14.8 Å². The van der Waals surface area contributed by atoms with Gasteiger partial charge < -0.3 is 30.3 Å². The van der Waals surface area contributed by atoms with Gasteiger partial charge in [0.25, 0.3) is 5.91 Å². The Morgan fingerprint density at radius 3 is 2.39 bits per heavy atom. The molecule has 0 saturated heterocycles. The van der Waals surface area contributed by atoms with Gasteiger partial charge >= 0.3 is 12.2 Å². The van der Waals surface area contributed by atoms with Crippen molar-refractivity contribution in [3.63, 3.8) is 0 Å². The number of amides is 4. The molecule has 13 heteroatoms. The molecular weight excluding hydrogens is 579 g/mol. The van der Waals surface area contributed by atoms with Gasteiger partial charge in [0.1, 0.15) is 11.9 Å². The largest absolute Gasteiger partial charge is 0.488 e. The summed E-state index contributed by atoms with van der Waals surface area (Å²) in [6, 6.07) is 11.2. The van der Waals surface area contributed by atoms with E-state index in [0.29, 0.717) is 22.6 Å². The summed E-state index contributed by atoms with van der Waals surface area (Å²) in [7, 11) is 1.53. The molecule has 3 N–H and O–H groups in total. The van der Waals surface area contributed by atoms with Crippen molar-refractivity contribution in [1.29, 1.82) is 0 Å². The summed E-state index contributed by atoms with van der Waals surface area (Å²) in [5.74, 6) is -0.501. The Hall–Kier alpha value is -4.65. The second kappa shape index (κ2) is 13.8.